The zero-order valence-corrected chi connectivity index (χ0v) is 17.4. The van der Waals surface area contributed by atoms with Crippen molar-refractivity contribution < 1.29 is 23.6 Å². The summed E-state index contributed by atoms with van der Waals surface area (Å²) in [5.74, 6) is -2.55. The number of nitrogens with zero attached hydrogens (tertiary/aromatic N) is 3. The van der Waals surface area contributed by atoms with Crippen molar-refractivity contribution in [2.75, 3.05) is 13.1 Å². The Kier molecular flexibility index (Phi) is 5.73. The first-order valence-electron chi connectivity index (χ1n) is 10.4. The Morgan fingerprint density at radius 3 is 2.53 bits per heavy atom. The number of carbonyl (C=O) groups is 4. The predicted molar refractivity (Wildman–Crippen MR) is 111 cm³/mol. The Balaban J connectivity index is 1.53. The van der Waals surface area contributed by atoms with Crippen LogP contribution in [0.2, 0.25) is 0 Å². The molecule has 2 atom stereocenters. The van der Waals surface area contributed by atoms with E-state index in [1.165, 1.54) is 21.9 Å². The molecule has 0 spiro atoms. The van der Waals surface area contributed by atoms with E-state index < -0.39 is 29.2 Å². The summed E-state index contributed by atoms with van der Waals surface area (Å²) in [6.45, 7) is -0.118. The highest BCUT2D eigenvalue weighted by Gasteiger charge is 2.66. The third-order valence-corrected chi connectivity index (χ3v) is 6.27. The summed E-state index contributed by atoms with van der Waals surface area (Å²) in [6, 6.07) is 8.46. The first-order chi connectivity index (χ1) is 15.3. The van der Waals surface area contributed by atoms with Crippen molar-refractivity contribution in [2.24, 2.45) is 5.73 Å². The molecule has 1 aromatic heterocycles. The Hall–Kier alpha value is -3.62. The van der Waals surface area contributed by atoms with Crippen molar-refractivity contribution in [1.29, 1.82) is 0 Å². The molecule has 9 heteroatoms. The molecule has 2 fully saturated rings. The second-order valence-corrected chi connectivity index (χ2v) is 8.09. The van der Waals surface area contributed by atoms with Gasteiger partial charge in [-0.05, 0) is 42.2 Å². The van der Waals surface area contributed by atoms with Gasteiger partial charge in [-0.3, -0.25) is 24.2 Å². The number of nitrogens with two attached hydrogens (primary N) is 1. The van der Waals surface area contributed by atoms with Gasteiger partial charge in [0.2, 0.25) is 17.4 Å². The van der Waals surface area contributed by atoms with Gasteiger partial charge in [-0.2, -0.15) is 0 Å². The minimum Gasteiger partial charge on any atom is -0.367 e. The number of ketones is 1. The number of halogens is 1. The van der Waals surface area contributed by atoms with E-state index in [9.17, 15) is 23.6 Å². The second-order valence-electron chi connectivity index (χ2n) is 8.09. The van der Waals surface area contributed by atoms with Gasteiger partial charge in [0, 0.05) is 25.4 Å². The van der Waals surface area contributed by atoms with Crippen LogP contribution in [0.4, 0.5) is 4.39 Å². The molecule has 0 aliphatic carbocycles. The fraction of sp³-hybridized carbons (Fsp3) is 0.348. The lowest BCUT2D eigenvalue weighted by Crippen LogP contribution is -2.64. The summed E-state index contributed by atoms with van der Waals surface area (Å²) in [6.07, 6.45) is 3.84. The molecule has 2 saturated heterocycles. The van der Waals surface area contributed by atoms with E-state index in [2.05, 4.69) is 4.98 Å². The number of Topliss-reactive ketones (excluding diaryl/α,β-unsaturated/α-hetero) is 1. The van der Waals surface area contributed by atoms with Crippen molar-refractivity contribution >= 4 is 23.5 Å². The van der Waals surface area contributed by atoms with Gasteiger partial charge in [0.25, 0.3) is 5.91 Å². The van der Waals surface area contributed by atoms with Gasteiger partial charge in [0.15, 0.2) is 5.78 Å². The maximum absolute atomic E-state index is 13.1. The molecule has 166 valence electrons. The van der Waals surface area contributed by atoms with E-state index in [1.807, 2.05) is 0 Å². The standard InChI is InChI=1S/C23H23FN4O4/c24-17-6-3-15(4-7-17)5-8-20(30)28-11-9-18-23(28,22(25)32)19(29)14-27(18)21(31)12-16-2-1-10-26-13-16/h1-4,6-7,10,13,18H,5,8-9,11-12,14H2,(H2,25,32). The van der Waals surface area contributed by atoms with E-state index in [0.29, 0.717) is 12.0 Å². The summed E-state index contributed by atoms with van der Waals surface area (Å²) in [7, 11) is 0. The van der Waals surface area contributed by atoms with E-state index in [-0.39, 0.29) is 44.1 Å². The molecular weight excluding hydrogens is 415 g/mol. The Morgan fingerprint density at radius 2 is 1.88 bits per heavy atom. The fourth-order valence-corrected chi connectivity index (χ4v) is 4.75. The summed E-state index contributed by atoms with van der Waals surface area (Å²) in [5, 5.41) is 0. The molecule has 0 bridgehead atoms. The zero-order valence-electron chi connectivity index (χ0n) is 17.4. The maximum Gasteiger partial charge on any atom is 0.253 e. The predicted octanol–water partition coefficient (Wildman–Crippen LogP) is 0.632. The molecular formula is C23H23FN4O4. The molecule has 3 amide bonds. The first kappa shape index (κ1) is 21.6. The zero-order chi connectivity index (χ0) is 22.9. The number of pyridine rings is 1. The van der Waals surface area contributed by atoms with Gasteiger partial charge in [-0.1, -0.05) is 18.2 Å². The SMILES string of the molecule is NC(=O)C12C(=O)CN(C(=O)Cc3cccnc3)C1CCN2C(=O)CCc1ccc(F)cc1. The molecule has 4 rings (SSSR count). The Morgan fingerprint density at radius 1 is 1.12 bits per heavy atom. The number of amides is 3. The third kappa shape index (κ3) is 3.63. The molecule has 8 nitrogen and oxygen atoms in total. The minimum absolute atomic E-state index is 0.0320. The molecule has 2 aromatic rings. The molecule has 0 saturated carbocycles. The van der Waals surface area contributed by atoms with Crippen LogP contribution in [0.15, 0.2) is 48.8 Å². The Labute approximate surface area is 184 Å². The van der Waals surface area contributed by atoms with Crippen LogP contribution in [-0.2, 0) is 32.0 Å². The number of hydrogen-bond acceptors (Lipinski definition) is 5. The minimum atomic E-state index is -1.84. The fourth-order valence-electron chi connectivity index (χ4n) is 4.75. The van der Waals surface area contributed by atoms with Gasteiger partial charge < -0.3 is 15.5 Å². The maximum atomic E-state index is 13.1. The first-order valence-corrected chi connectivity index (χ1v) is 10.4. The number of benzene rings is 1. The third-order valence-electron chi connectivity index (χ3n) is 6.27. The summed E-state index contributed by atoms with van der Waals surface area (Å²) in [4.78, 5) is 58.2. The van der Waals surface area contributed by atoms with E-state index in [1.54, 1.807) is 36.7 Å². The highest BCUT2D eigenvalue weighted by molar-refractivity contribution is 6.17. The van der Waals surface area contributed by atoms with E-state index in [4.69, 9.17) is 5.73 Å². The average Bonchev–Trinajstić information content (AvgIpc) is 3.31. The summed E-state index contributed by atoms with van der Waals surface area (Å²) in [5.41, 5.74) is 5.29. The average molecular weight is 438 g/mol. The molecule has 3 heterocycles. The van der Waals surface area contributed by atoms with Crippen molar-refractivity contribution in [3.63, 3.8) is 0 Å². The van der Waals surface area contributed by atoms with Gasteiger partial charge in [-0.25, -0.2) is 4.39 Å². The second kappa shape index (κ2) is 8.49. The number of hydrogen-bond donors (Lipinski definition) is 1. The van der Waals surface area contributed by atoms with Crippen LogP contribution in [0.3, 0.4) is 0 Å². The lowest BCUT2D eigenvalue weighted by molar-refractivity contribution is -0.149. The van der Waals surface area contributed by atoms with Crippen molar-refractivity contribution in [1.82, 2.24) is 14.8 Å². The van der Waals surface area contributed by atoms with Gasteiger partial charge >= 0.3 is 0 Å². The van der Waals surface area contributed by atoms with Crippen LogP contribution in [0.5, 0.6) is 0 Å². The van der Waals surface area contributed by atoms with Crippen LogP contribution in [0.25, 0.3) is 0 Å². The van der Waals surface area contributed by atoms with Crippen molar-refractivity contribution in [3.05, 3.63) is 65.7 Å². The largest absolute Gasteiger partial charge is 0.367 e. The molecule has 32 heavy (non-hydrogen) atoms. The van der Waals surface area contributed by atoms with E-state index in [0.717, 1.165) is 5.56 Å². The quantitative estimate of drug-likeness (QED) is 0.665. The number of primary amides is 1. The number of carbonyl (C=O) groups excluding carboxylic acids is 4. The van der Waals surface area contributed by atoms with Crippen LogP contribution in [0, 0.1) is 5.82 Å². The lowest BCUT2D eigenvalue weighted by atomic mass is 9.88. The van der Waals surface area contributed by atoms with E-state index >= 15 is 0 Å². The van der Waals surface area contributed by atoms with Crippen molar-refractivity contribution in [3.8, 4) is 0 Å². The van der Waals surface area contributed by atoms with Crippen molar-refractivity contribution in [2.45, 2.75) is 37.3 Å². The lowest BCUT2D eigenvalue weighted by Gasteiger charge is -2.34. The number of aromatic nitrogens is 1. The summed E-state index contributed by atoms with van der Waals surface area (Å²) >= 11 is 0. The smallest absolute Gasteiger partial charge is 0.253 e. The summed E-state index contributed by atoms with van der Waals surface area (Å²) < 4.78 is 13.1. The molecule has 2 aliphatic rings. The number of rotatable bonds is 6. The van der Waals surface area contributed by atoms with Crippen LogP contribution in [-0.4, -0.2) is 63.0 Å². The highest BCUT2D eigenvalue weighted by atomic mass is 19.1. The number of aryl methyl sites for hydroxylation is 1. The monoisotopic (exact) mass is 438 g/mol. The molecule has 2 aliphatic heterocycles. The van der Waals surface area contributed by atoms with Crippen LogP contribution < -0.4 is 5.73 Å². The number of likely N-dealkylation sites (tertiary alicyclic amines) is 2. The number of fused-ring (bicyclic) bond motifs is 1. The molecule has 2 N–H and O–H groups in total. The topological polar surface area (TPSA) is 114 Å². The molecule has 1 aromatic carbocycles. The van der Waals surface area contributed by atoms with Crippen LogP contribution >= 0.6 is 0 Å². The Bertz CT molecular complexity index is 1060. The van der Waals surface area contributed by atoms with Gasteiger partial charge in [0.1, 0.15) is 5.82 Å². The van der Waals surface area contributed by atoms with Crippen LogP contribution in [0.1, 0.15) is 24.0 Å². The molecule has 0 radical (unpaired) electrons. The molecule has 2 unspecified atom stereocenters. The van der Waals surface area contributed by atoms with Gasteiger partial charge in [-0.15, -0.1) is 0 Å². The normalized spacial score (nSPS) is 22.2. The highest BCUT2D eigenvalue weighted by Crippen LogP contribution is 2.40. The van der Waals surface area contributed by atoms with Gasteiger partial charge in [0.05, 0.1) is 19.0 Å².